The van der Waals surface area contributed by atoms with Crippen molar-refractivity contribution in [3.8, 4) is 0 Å². The Morgan fingerprint density at radius 1 is 1.24 bits per heavy atom. The van der Waals surface area contributed by atoms with Crippen LogP contribution in [0.1, 0.15) is 35.3 Å². The van der Waals surface area contributed by atoms with Crippen LogP contribution in [0.5, 0.6) is 0 Å². The molecule has 34 heavy (non-hydrogen) atoms. The smallest absolute Gasteiger partial charge is 0.336 e. The van der Waals surface area contributed by atoms with Crippen molar-refractivity contribution in [3.63, 3.8) is 0 Å². The molecule has 3 heterocycles. The number of hydrogen-bond acceptors (Lipinski definition) is 6. The number of thiocarbonyl (C=S) groups is 1. The second-order valence-corrected chi connectivity index (χ2v) is 11.2. The average Bonchev–Trinajstić information content (AvgIpc) is 3.24. The number of nitrogens with zero attached hydrogens (tertiary/aromatic N) is 1. The summed E-state index contributed by atoms with van der Waals surface area (Å²) in [5, 5.41) is 12.0. The van der Waals surface area contributed by atoms with Crippen LogP contribution >= 0.6 is 35.7 Å². The van der Waals surface area contributed by atoms with E-state index in [1.54, 1.807) is 23.1 Å². The number of carboxylic acids is 1. The van der Waals surface area contributed by atoms with Gasteiger partial charge in [-0.2, -0.15) is 0 Å². The Bertz CT molecular complexity index is 1400. The highest BCUT2D eigenvalue weighted by molar-refractivity contribution is 8.27. The predicted octanol–water partition coefficient (Wildman–Crippen LogP) is 4.70. The number of halogens is 1. The minimum absolute atomic E-state index is 0.143. The lowest BCUT2D eigenvalue weighted by molar-refractivity contribution is -0.116. The Morgan fingerprint density at radius 2 is 1.94 bits per heavy atom. The normalized spacial score (nSPS) is 20.4. The van der Waals surface area contributed by atoms with Crippen molar-refractivity contribution in [2.24, 2.45) is 0 Å². The number of hydrogen-bond donors (Lipinski definition) is 2. The zero-order chi connectivity index (χ0) is 24.4. The van der Waals surface area contributed by atoms with Crippen LogP contribution in [0.15, 0.2) is 52.3 Å². The van der Waals surface area contributed by atoms with Crippen LogP contribution in [0.4, 0.5) is 10.1 Å². The number of rotatable bonds is 4. The zero-order valence-corrected chi connectivity index (χ0v) is 20.4. The van der Waals surface area contributed by atoms with Crippen molar-refractivity contribution >= 4 is 74.7 Å². The first kappa shape index (κ1) is 22.8. The summed E-state index contributed by atoms with van der Waals surface area (Å²) in [6.45, 7) is 3.74. The lowest BCUT2D eigenvalue weighted by Crippen LogP contribution is -2.46. The van der Waals surface area contributed by atoms with Gasteiger partial charge in [0.2, 0.25) is 0 Å². The molecule has 2 amide bonds. The van der Waals surface area contributed by atoms with E-state index in [4.69, 9.17) is 12.2 Å². The van der Waals surface area contributed by atoms with Gasteiger partial charge in [-0.05, 0) is 43.7 Å². The van der Waals surface area contributed by atoms with Gasteiger partial charge in [-0.15, -0.1) is 11.8 Å². The van der Waals surface area contributed by atoms with Crippen molar-refractivity contribution in [3.05, 3.63) is 69.9 Å². The third-order valence-corrected chi connectivity index (χ3v) is 8.13. The van der Waals surface area contributed by atoms with Crippen LogP contribution in [-0.2, 0) is 9.59 Å². The Labute approximate surface area is 208 Å². The fourth-order valence-corrected chi connectivity index (χ4v) is 6.62. The van der Waals surface area contributed by atoms with E-state index in [2.05, 4.69) is 5.32 Å². The molecule has 5 rings (SSSR count). The maximum Gasteiger partial charge on any atom is 0.336 e. The molecule has 0 aromatic heterocycles. The summed E-state index contributed by atoms with van der Waals surface area (Å²) < 4.78 is 15.1. The van der Waals surface area contributed by atoms with Gasteiger partial charge in [0.05, 0.1) is 27.3 Å². The van der Waals surface area contributed by atoms with E-state index in [9.17, 15) is 23.9 Å². The first-order valence-electron chi connectivity index (χ1n) is 10.2. The Hall–Kier alpha value is -2.95. The molecule has 0 spiro atoms. The highest BCUT2D eigenvalue weighted by atomic mass is 32.2. The van der Waals surface area contributed by atoms with Gasteiger partial charge >= 0.3 is 5.97 Å². The molecule has 3 aliphatic rings. The summed E-state index contributed by atoms with van der Waals surface area (Å²) in [7, 11) is 0. The average molecular weight is 513 g/mol. The molecule has 10 heteroatoms. The van der Waals surface area contributed by atoms with Crippen molar-refractivity contribution in [1.82, 2.24) is 5.32 Å². The predicted molar refractivity (Wildman–Crippen MR) is 135 cm³/mol. The Morgan fingerprint density at radius 3 is 2.62 bits per heavy atom. The summed E-state index contributed by atoms with van der Waals surface area (Å²) >= 11 is 7.42. The van der Waals surface area contributed by atoms with Gasteiger partial charge in [-0.25, -0.2) is 9.18 Å². The topological polar surface area (TPSA) is 86.7 Å². The molecule has 0 saturated carbocycles. The highest BCUT2D eigenvalue weighted by Gasteiger charge is 2.47. The van der Waals surface area contributed by atoms with Gasteiger partial charge in [0, 0.05) is 21.8 Å². The SMILES string of the molecule is CC1(C)C=C(CSc2ccccc2C(=O)O)c2cc(F)cc3c2N1C(=O)/C3=C1\SC(=S)NC1=O. The van der Waals surface area contributed by atoms with Gasteiger partial charge in [0.1, 0.15) is 10.1 Å². The summed E-state index contributed by atoms with van der Waals surface area (Å²) in [5.74, 6) is -2.03. The maximum atomic E-state index is 14.8. The van der Waals surface area contributed by atoms with Crippen molar-refractivity contribution < 1.29 is 23.9 Å². The van der Waals surface area contributed by atoms with E-state index >= 15 is 0 Å². The van der Waals surface area contributed by atoms with Gasteiger partial charge in [-0.1, -0.05) is 42.2 Å². The van der Waals surface area contributed by atoms with Crippen LogP contribution in [0, 0.1) is 5.82 Å². The number of carbonyl (C=O) groups excluding carboxylic acids is 2. The Kier molecular flexibility index (Phi) is 5.42. The fraction of sp³-hybridized carbons (Fsp3) is 0.167. The molecule has 2 N–H and O–H groups in total. The van der Waals surface area contributed by atoms with Gasteiger partial charge in [0.25, 0.3) is 11.8 Å². The lowest BCUT2D eigenvalue weighted by atomic mass is 9.89. The molecule has 0 unspecified atom stereocenters. The van der Waals surface area contributed by atoms with E-state index in [1.165, 1.54) is 30.0 Å². The van der Waals surface area contributed by atoms with Crippen molar-refractivity contribution in [2.75, 3.05) is 10.7 Å². The van der Waals surface area contributed by atoms with Crippen LogP contribution in [0.3, 0.4) is 0 Å². The number of carbonyl (C=O) groups is 3. The summed E-state index contributed by atoms with van der Waals surface area (Å²) in [4.78, 5) is 40.0. The molecule has 6 nitrogen and oxygen atoms in total. The zero-order valence-electron chi connectivity index (χ0n) is 18.0. The van der Waals surface area contributed by atoms with E-state index < -0.39 is 23.2 Å². The minimum Gasteiger partial charge on any atom is -0.478 e. The molecule has 3 aliphatic heterocycles. The summed E-state index contributed by atoms with van der Waals surface area (Å²) in [6.07, 6.45) is 1.90. The first-order chi connectivity index (χ1) is 16.1. The van der Waals surface area contributed by atoms with E-state index in [-0.39, 0.29) is 26.3 Å². The fourth-order valence-electron chi connectivity index (χ4n) is 4.46. The molecular formula is C24H17FN2O4S3. The standard InChI is InChI=1S/C24H17FN2O4S3/c1-24(2)9-11(10-33-16-6-4-3-5-13(16)22(30)31)14-7-12(25)8-15-17(21(29)27(24)18(14)15)19-20(28)26-23(32)34-19/h3-9H,10H2,1-2H3,(H,30,31)(H,26,28,32)/b19-17-. The number of benzene rings is 2. The van der Waals surface area contributed by atoms with E-state index in [0.29, 0.717) is 27.5 Å². The molecule has 0 atom stereocenters. The lowest BCUT2D eigenvalue weighted by Gasteiger charge is -2.39. The van der Waals surface area contributed by atoms with Crippen molar-refractivity contribution in [2.45, 2.75) is 24.3 Å². The van der Waals surface area contributed by atoms with Crippen molar-refractivity contribution in [1.29, 1.82) is 0 Å². The first-order valence-corrected chi connectivity index (χ1v) is 12.4. The third kappa shape index (κ3) is 3.57. The molecular weight excluding hydrogens is 495 g/mol. The van der Waals surface area contributed by atoms with Gasteiger partial charge in [0.15, 0.2) is 0 Å². The minimum atomic E-state index is -1.02. The van der Waals surface area contributed by atoms with E-state index in [1.807, 2.05) is 19.9 Å². The van der Waals surface area contributed by atoms with Crippen LogP contribution < -0.4 is 10.2 Å². The highest BCUT2D eigenvalue weighted by Crippen LogP contribution is 2.52. The van der Waals surface area contributed by atoms with Crippen LogP contribution in [0.2, 0.25) is 0 Å². The van der Waals surface area contributed by atoms with Gasteiger partial charge < -0.3 is 10.4 Å². The summed E-state index contributed by atoms with van der Waals surface area (Å²) in [5.41, 5.74) is 1.81. The second-order valence-electron chi connectivity index (χ2n) is 8.45. The van der Waals surface area contributed by atoms with Gasteiger partial charge in [-0.3, -0.25) is 14.5 Å². The number of carboxylic acid groups (broad SMARTS) is 1. The van der Waals surface area contributed by atoms with Crippen LogP contribution in [-0.4, -0.2) is 38.5 Å². The van der Waals surface area contributed by atoms with E-state index in [0.717, 1.165) is 17.3 Å². The molecule has 1 saturated heterocycles. The molecule has 2 aromatic rings. The molecule has 0 radical (unpaired) electrons. The summed E-state index contributed by atoms with van der Waals surface area (Å²) in [6, 6.07) is 9.36. The molecule has 0 aliphatic carbocycles. The molecule has 0 bridgehead atoms. The molecule has 172 valence electrons. The van der Waals surface area contributed by atoms with Crippen LogP contribution in [0.25, 0.3) is 11.1 Å². The number of nitrogens with one attached hydrogen (secondary N) is 1. The maximum absolute atomic E-state index is 14.8. The molecule has 2 aromatic carbocycles. The quantitative estimate of drug-likeness (QED) is 0.349. The number of aromatic carboxylic acids is 1. The Balaban J connectivity index is 1.63. The number of anilines is 1. The largest absolute Gasteiger partial charge is 0.478 e. The third-order valence-electron chi connectivity index (χ3n) is 5.78. The molecule has 1 fully saturated rings. The number of amides is 2. The number of thioether (sulfide) groups is 2. The monoisotopic (exact) mass is 512 g/mol. The second kappa shape index (κ2) is 8.07.